The monoisotopic (exact) mass is 458 g/mol. The lowest BCUT2D eigenvalue weighted by molar-refractivity contribution is -0.143. The normalized spacial score (nSPS) is 12.8. The summed E-state index contributed by atoms with van der Waals surface area (Å²) in [5, 5.41) is 19.4. The predicted molar refractivity (Wildman–Crippen MR) is 131 cm³/mol. The van der Waals surface area contributed by atoms with Gasteiger partial charge in [-0.25, -0.2) is 0 Å². The van der Waals surface area contributed by atoms with Crippen molar-refractivity contribution in [2.24, 2.45) is 0 Å². The maximum atomic E-state index is 12.7. The summed E-state index contributed by atoms with van der Waals surface area (Å²) in [7, 11) is 0. The number of hydrogen-bond acceptors (Lipinski definition) is 5. The number of nitrogen functional groups attached to an aromatic ring is 2. The van der Waals surface area contributed by atoms with E-state index in [0.29, 0.717) is 27.9 Å². The van der Waals surface area contributed by atoms with E-state index in [2.05, 4.69) is 0 Å². The van der Waals surface area contributed by atoms with Crippen molar-refractivity contribution in [2.75, 3.05) is 11.5 Å². The van der Waals surface area contributed by atoms with Gasteiger partial charge in [-0.2, -0.15) is 0 Å². The molecule has 0 spiro atoms. The van der Waals surface area contributed by atoms with Gasteiger partial charge in [0.25, 0.3) is 0 Å². The maximum Gasteiger partial charge on any atom is 0.318 e. The highest BCUT2D eigenvalue weighted by Crippen LogP contribution is 2.41. The van der Waals surface area contributed by atoms with Crippen LogP contribution in [-0.2, 0) is 15.0 Å². The average molecular weight is 459 g/mol. The molecule has 7 heteroatoms. The number of hydrogen-bond donors (Lipinski definition) is 4. The van der Waals surface area contributed by atoms with Crippen molar-refractivity contribution in [1.29, 1.82) is 0 Å². The van der Waals surface area contributed by atoms with E-state index in [0.717, 1.165) is 0 Å². The molecule has 0 amide bonds. The third-order valence-electron chi connectivity index (χ3n) is 5.73. The molecule has 174 valence electrons. The lowest BCUT2D eigenvalue weighted by atomic mass is 9.70. The molecule has 3 aromatic rings. The van der Waals surface area contributed by atoms with E-state index >= 15 is 0 Å². The largest absolute Gasteiger partial charge is 0.481 e. The van der Waals surface area contributed by atoms with Gasteiger partial charge >= 0.3 is 11.9 Å². The van der Waals surface area contributed by atoms with E-state index < -0.39 is 17.4 Å². The second-order valence-electron chi connectivity index (χ2n) is 7.99. The molecule has 1 atom stereocenters. The van der Waals surface area contributed by atoms with Crippen LogP contribution in [0.25, 0.3) is 6.08 Å². The molecule has 1 unspecified atom stereocenters. The number of carboxylic acids is 2. The number of anilines is 2. The number of carbonyl (C=O) groups excluding carboxylic acids is 1. The summed E-state index contributed by atoms with van der Waals surface area (Å²) in [6, 6.07) is 20.3. The van der Waals surface area contributed by atoms with Crippen LogP contribution in [0.2, 0.25) is 0 Å². The van der Waals surface area contributed by atoms with Gasteiger partial charge in [0, 0.05) is 23.4 Å². The third kappa shape index (κ3) is 5.32. The summed E-state index contributed by atoms with van der Waals surface area (Å²) in [4.78, 5) is 36.1. The number of allylic oxidation sites excluding steroid dienone is 1. The van der Waals surface area contributed by atoms with Gasteiger partial charge in [-0.15, -0.1) is 0 Å². The van der Waals surface area contributed by atoms with Crippen molar-refractivity contribution >= 4 is 35.2 Å². The number of nitrogens with two attached hydrogens (primary N) is 2. The quantitative estimate of drug-likeness (QED) is 0.201. The summed E-state index contributed by atoms with van der Waals surface area (Å²) in [6.07, 6.45) is 3.11. The van der Waals surface area contributed by atoms with Crippen molar-refractivity contribution in [1.82, 2.24) is 0 Å². The Morgan fingerprint density at radius 3 is 2.15 bits per heavy atom. The van der Waals surface area contributed by atoms with Gasteiger partial charge < -0.3 is 21.7 Å². The molecule has 7 nitrogen and oxygen atoms in total. The molecule has 0 fully saturated rings. The van der Waals surface area contributed by atoms with Crippen molar-refractivity contribution < 1.29 is 24.6 Å². The second kappa shape index (κ2) is 10.5. The maximum absolute atomic E-state index is 12.7. The molecule has 0 aliphatic carbocycles. The van der Waals surface area contributed by atoms with E-state index in [9.17, 15) is 19.5 Å². The molecule has 0 aliphatic heterocycles. The Bertz CT molecular complexity index is 1220. The van der Waals surface area contributed by atoms with Gasteiger partial charge in [-0.05, 0) is 47.7 Å². The minimum Gasteiger partial charge on any atom is -0.481 e. The van der Waals surface area contributed by atoms with Gasteiger partial charge in [0.15, 0.2) is 5.78 Å². The van der Waals surface area contributed by atoms with Crippen LogP contribution < -0.4 is 11.5 Å². The molecule has 0 aliphatic rings. The van der Waals surface area contributed by atoms with Gasteiger partial charge in [0.05, 0.1) is 0 Å². The summed E-state index contributed by atoms with van der Waals surface area (Å²) < 4.78 is 0. The van der Waals surface area contributed by atoms with Crippen molar-refractivity contribution in [3.8, 4) is 0 Å². The van der Waals surface area contributed by atoms with Crippen LogP contribution in [0.4, 0.5) is 11.4 Å². The first-order chi connectivity index (χ1) is 16.2. The Labute approximate surface area is 197 Å². The van der Waals surface area contributed by atoms with Crippen molar-refractivity contribution in [2.45, 2.75) is 24.7 Å². The number of carbonyl (C=O) groups is 3. The van der Waals surface area contributed by atoms with E-state index in [1.807, 2.05) is 6.07 Å². The minimum atomic E-state index is -1.56. The topological polar surface area (TPSA) is 144 Å². The van der Waals surface area contributed by atoms with E-state index in [-0.39, 0.29) is 30.7 Å². The first-order valence-corrected chi connectivity index (χ1v) is 10.7. The Hall–Kier alpha value is -4.39. The summed E-state index contributed by atoms with van der Waals surface area (Å²) in [5.74, 6) is -2.29. The van der Waals surface area contributed by atoms with Crippen LogP contribution in [-0.4, -0.2) is 27.9 Å². The van der Waals surface area contributed by atoms with Crippen molar-refractivity contribution in [3.05, 3.63) is 101 Å². The third-order valence-corrected chi connectivity index (χ3v) is 5.73. The zero-order chi connectivity index (χ0) is 24.7. The first-order valence-electron chi connectivity index (χ1n) is 10.7. The molecule has 0 heterocycles. The number of benzene rings is 3. The Morgan fingerprint density at radius 1 is 0.882 bits per heavy atom. The smallest absolute Gasteiger partial charge is 0.318 e. The fraction of sp³-hybridized carbons (Fsp3) is 0.148. The number of rotatable bonds is 10. The zero-order valence-electron chi connectivity index (χ0n) is 18.5. The SMILES string of the molecule is Nc1ccc(C(CCCC(=O)O)(C(=O)O)c2ccc(C=CC(=O)c3ccccc3)cc2)c(N)c1. The number of carboxylic acid groups (broad SMARTS) is 2. The zero-order valence-corrected chi connectivity index (χ0v) is 18.5. The highest BCUT2D eigenvalue weighted by atomic mass is 16.4. The molecule has 34 heavy (non-hydrogen) atoms. The highest BCUT2D eigenvalue weighted by Gasteiger charge is 2.43. The second-order valence-corrected chi connectivity index (χ2v) is 7.99. The fourth-order valence-electron chi connectivity index (χ4n) is 4.00. The molecule has 3 aromatic carbocycles. The average Bonchev–Trinajstić information content (AvgIpc) is 2.81. The lowest BCUT2D eigenvalue weighted by Gasteiger charge is -2.32. The van der Waals surface area contributed by atoms with Gasteiger partial charge in [0.2, 0.25) is 0 Å². The van der Waals surface area contributed by atoms with Gasteiger partial charge in [-0.1, -0.05) is 66.7 Å². The van der Waals surface area contributed by atoms with Gasteiger partial charge in [0.1, 0.15) is 5.41 Å². The molecular weight excluding hydrogens is 432 g/mol. The molecule has 3 rings (SSSR count). The van der Waals surface area contributed by atoms with Crippen LogP contribution in [0.15, 0.2) is 78.9 Å². The highest BCUT2D eigenvalue weighted by molar-refractivity contribution is 6.06. The minimum absolute atomic E-state index is 0.0322. The molecule has 0 radical (unpaired) electrons. The van der Waals surface area contributed by atoms with Crippen LogP contribution in [0.1, 0.15) is 46.3 Å². The molecule has 0 aromatic heterocycles. The first kappa shape index (κ1) is 24.3. The van der Waals surface area contributed by atoms with E-state index in [1.165, 1.54) is 12.1 Å². The molecule has 0 saturated carbocycles. The fourth-order valence-corrected chi connectivity index (χ4v) is 4.00. The van der Waals surface area contributed by atoms with E-state index in [4.69, 9.17) is 16.6 Å². The van der Waals surface area contributed by atoms with Crippen LogP contribution >= 0.6 is 0 Å². The number of ketones is 1. The van der Waals surface area contributed by atoms with E-state index in [1.54, 1.807) is 66.7 Å². The number of aliphatic carboxylic acids is 2. The molecule has 0 bridgehead atoms. The van der Waals surface area contributed by atoms with Crippen LogP contribution in [0, 0.1) is 0 Å². The Kier molecular flexibility index (Phi) is 7.48. The van der Waals surface area contributed by atoms with Crippen LogP contribution in [0.5, 0.6) is 0 Å². The summed E-state index contributed by atoms with van der Waals surface area (Å²) in [5.41, 5.74) is 13.1. The lowest BCUT2D eigenvalue weighted by Crippen LogP contribution is -2.38. The summed E-state index contributed by atoms with van der Waals surface area (Å²) in [6.45, 7) is 0. The Morgan fingerprint density at radius 2 is 1.56 bits per heavy atom. The molecular formula is C27H26N2O5. The van der Waals surface area contributed by atoms with Gasteiger partial charge in [-0.3, -0.25) is 14.4 Å². The molecule has 0 saturated heterocycles. The summed E-state index contributed by atoms with van der Waals surface area (Å²) >= 11 is 0. The van der Waals surface area contributed by atoms with Crippen LogP contribution in [0.3, 0.4) is 0 Å². The van der Waals surface area contributed by atoms with Crippen molar-refractivity contribution in [3.63, 3.8) is 0 Å². The predicted octanol–water partition coefficient (Wildman–Crippen LogP) is 4.37. The standard InChI is InChI=1S/C27H26N2O5/c28-21-13-14-22(23(29)17-21)27(26(33)34,16-4-7-25(31)32)20-11-8-18(9-12-20)10-15-24(30)19-5-2-1-3-6-19/h1-3,5-6,8-15,17H,4,7,16,28-29H2,(H,31,32)(H,33,34). The molecule has 6 N–H and O–H groups in total. The Balaban J connectivity index is 1.98.